The standard InChI is InChI=1S/C21H22N2O5/c1-2-27-21(26)16-10-15-18(25)14-9-12(11-3-6-13(24)7-4-11)5-8-17(14)28-20(15)23-19(16)22/h5,8-11,13,24H,2-4,6-7H2,1H3,(H2,22,23). The summed E-state index contributed by atoms with van der Waals surface area (Å²) in [6.07, 6.45) is 3.07. The van der Waals surface area contributed by atoms with Crippen molar-refractivity contribution in [1.82, 2.24) is 4.98 Å². The number of nitrogens with zero attached hydrogens (tertiary/aromatic N) is 1. The number of hydrogen-bond donors (Lipinski definition) is 2. The Bertz CT molecular complexity index is 1110. The molecule has 1 fully saturated rings. The van der Waals surface area contributed by atoms with Crippen molar-refractivity contribution < 1.29 is 19.1 Å². The van der Waals surface area contributed by atoms with Crippen LogP contribution in [0.3, 0.4) is 0 Å². The van der Waals surface area contributed by atoms with Crippen LogP contribution in [0.4, 0.5) is 5.82 Å². The lowest BCUT2D eigenvalue weighted by Gasteiger charge is -2.25. The molecule has 146 valence electrons. The van der Waals surface area contributed by atoms with Crippen LogP contribution in [0.5, 0.6) is 0 Å². The number of aliphatic hydroxyl groups is 1. The SMILES string of the molecule is CCOC(=O)c1cc2c(=O)c3cc(C4CCC(O)CC4)ccc3oc2nc1N. The number of rotatable bonds is 3. The number of benzene rings is 1. The first-order valence-corrected chi connectivity index (χ1v) is 9.50. The molecule has 1 aromatic carbocycles. The van der Waals surface area contributed by atoms with E-state index in [1.807, 2.05) is 12.1 Å². The molecule has 0 aliphatic heterocycles. The van der Waals surface area contributed by atoms with E-state index in [1.54, 1.807) is 13.0 Å². The maximum atomic E-state index is 13.1. The van der Waals surface area contributed by atoms with Crippen LogP contribution in [0, 0.1) is 0 Å². The Morgan fingerprint density at radius 1 is 1.25 bits per heavy atom. The smallest absolute Gasteiger partial charge is 0.341 e. The molecule has 28 heavy (non-hydrogen) atoms. The van der Waals surface area contributed by atoms with Crippen LogP contribution >= 0.6 is 0 Å². The van der Waals surface area contributed by atoms with Gasteiger partial charge in [-0.05, 0) is 62.3 Å². The number of aromatic nitrogens is 1. The minimum atomic E-state index is -0.622. The van der Waals surface area contributed by atoms with Gasteiger partial charge in [0.1, 0.15) is 17.0 Å². The zero-order valence-corrected chi connectivity index (χ0v) is 15.6. The number of anilines is 1. The van der Waals surface area contributed by atoms with E-state index in [-0.39, 0.29) is 40.6 Å². The van der Waals surface area contributed by atoms with E-state index in [0.717, 1.165) is 31.2 Å². The van der Waals surface area contributed by atoms with Crippen molar-refractivity contribution in [1.29, 1.82) is 0 Å². The molecule has 0 atom stereocenters. The quantitative estimate of drug-likeness (QED) is 0.528. The van der Waals surface area contributed by atoms with E-state index in [9.17, 15) is 14.7 Å². The Morgan fingerprint density at radius 2 is 2.00 bits per heavy atom. The molecule has 1 aliphatic carbocycles. The number of carbonyl (C=O) groups excluding carboxylic acids is 1. The fourth-order valence-electron chi connectivity index (χ4n) is 3.85. The van der Waals surface area contributed by atoms with Crippen LogP contribution in [0.2, 0.25) is 0 Å². The Labute approximate surface area is 161 Å². The zero-order valence-electron chi connectivity index (χ0n) is 15.6. The Kier molecular flexibility index (Phi) is 4.77. The fraction of sp³-hybridized carbons (Fsp3) is 0.381. The number of ether oxygens (including phenoxy) is 1. The number of pyridine rings is 1. The van der Waals surface area contributed by atoms with Gasteiger partial charge in [-0.3, -0.25) is 4.79 Å². The van der Waals surface area contributed by atoms with Gasteiger partial charge in [0, 0.05) is 0 Å². The van der Waals surface area contributed by atoms with Crippen LogP contribution < -0.4 is 11.2 Å². The van der Waals surface area contributed by atoms with E-state index in [0.29, 0.717) is 16.9 Å². The predicted octanol–water partition coefficient (Wildman–Crippen LogP) is 3.12. The molecule has 1 saturated carbocycles. The van der Waals surface area contributed by atoms with Crippen molar-refractivity contribution in [2.24, 2.45) is 0 Å². The van der Waals surface area contributed by atoms with Gasteiger partial charge < -0.3 is 20.0 Å². The molecular formula is C21H22N2O5. The fourth-order valence-corrected chi connectivity index (χ4v) is 3.85. The second-order valence-corrected chi connectivity index (χ2v) is 7.19. The van der Waals surface area contributed by atoms with Gasteiger partial charge in [-0.15, -0.1) is 0 Å². The normalized spacial score (nSPS) is 19.8. The summed E-state index contributed by atoms with van der Waals surface area (Å²) < 4.78 is 10.8. The molecule has 7 nitrogen and oxygen atoms in total. The third-order valence-electron chi connectivity index (χ3n) is 5.38. The number of nitrogen functional groups attached to an aromatic ring is 1. The summed E-state index contributed by atoms with van der Waals surface area (Å²) in [5.41, 5.74) is 7.22. The van der Waals surface area contributed by atoms with Gasteiger partial charge in [0.15, 0.2) is 0 Å². The van der Waals surface area contributed by atoms with Crippen molar-refractivity contribution in [3.63, 3.8) is 0 Å². The average Bonchev–Trinajstić information content (AvgIpc) is 2.68. The highest BCUT2D eigenvalue weighted by Crippen LogP contribution is 2.34. The second kappa shape index (κ2) is 7.24. The van der Waals surface area contributed by atoms with Gasteiger partial charge in [0.2, 0.25) is 11.1 Å². The summed E-state index contributed by atoms with van der Waals surface area (Å²) in [7, 11) is 0. The summed E-state index contributed by atoms with van der Waals surface area (Å²) in [5, 5.41) is 10.4. The molecule has 0 amide bonds. The minimum Gasteiger partial charge on any atom is -0.462 e. The molecule has 2 aromatic heterocycles. The maximum Gasteiger partial charge on any atom is 0.341 e. The molecule has 0 bridgehead atoms. The zero-order chi connectivity index (χ0) is 19.8. The van der Waals surface area contributed by atoms with Crippen molar-refractivity contribution in [3.05, 3.63) is 45.6 Å². The van der Waals surface area contributed by atoms with Crippen molar-refractivity contribution in [3.8, 4) is 0 Å². The van der Waals surface area contributed by atoms with Crippen LogP contribution in [0.25, 0.3) is 22.1 Å². The van der Waals surface area contributed by atoms with Gasteiger partial charge in [-0.25, -0.2) is 4.79 Å². The first kappa shape index (κ1) is 18.4. The van der Waals surface area contributed by atoms with E-state index in [4.69, 9.17) is 14.9 Å². The first-order chi connectivity index (χ1) is 13.5. The number of fused-ring (bicyclic) bond motifs is 2. The largest absolute Gasteiger partial charge is 0.462 e. The van der Waals surface area contributed by atoms with E-state index in [2.05, 4.69) is 4.98 Å². The second-order valence-electron chi connectivity index (χ2n) is 7.19. The molecule has 0 unspecified atom stereocenters. The van der Waals surface area contributed by atoms with Crippen LogP contribution in [-0.4, -0.2) is 28.8 Å². The summed E-state index contributed by atoms with van der Waals surface area (Å²) in [6.45, 7) is 1.89. The van der Waals surface area contributed by atoms with Crippen molar-refractivity contribution in [2.45, 2.75) is 44.6 Å². The average molecular weight is 382 g/mol. The molecule has 0 saturated heterocycles. The van der Waals surface area contributed by atoms with Gasteiger partial charge >= 0.3 is 5.97 Å². The molecule has 3 N–H and O–H groups in total. The van der Waals surface area contributed by atoms with Crippen molar-refractivity contribution in [2.75, 3.05) is 12.3 Å². The summed E-state index contributed by atoms with van der Waals surface area (Å²) in [6, 6.07) is 6.97. The molecule has 1 aliphatic rings. The van der Waals surface area contributed by atoms with E-state index < -0.39 is 5.97 Å². The molecule has 2 heterocycles. The lowest BCUT2D eigenvalue weighted by molar-refractivity contribution is 0.0527. The summed E-state index contributed by atoms with van der Waals surface area (Å²) >= 11 is 0. The first-order valence-electron chi connectivity index (χ1n) is 9.50. The molecule has 7 heteroatoms. The highest BCUT2D eigenvalue weighted by molar-refractivity contribution is 5.99. The summed E-state index contributed by atoms with van der Waals surface area (Å²) in [4.78, 5) is 29.3. The molecule has 4 rings (SSSR count). The third-order valence-corrected chi connectivity index (χ3v) is 5.38. The van der Waals surface area contributed by atoms with Crippen LogP contribution in [0.15, 0.2) is 33.5 Å². The maximum absolute atomic E-state index is 13.1. The lowest BCUT2D eigenvalue weighted by atomic mass is 9.82. The topological polar surface area (TPSA) is 116 Å². The lowest BCUT2D eigenvalue weighted by Crippen LogP contribution is -2.17. The van der Waals surface area contributed by atoms with Gasteiger partial charge in [-0.1, -0.05) is 6.07 Å². The monoisotopic (exact) mass is 382 g/mol. The van der Waals surface area contributed by atoms with Crippen molar-refractivity contribution >= 4 is 33.9 Å². The summed E-state index contributed by atoms with van der Waals surface area (Å²) in [5.74, 6) is -0.350. The molecule has 0 spiro atoms. The number of carbonyl (C=O) groups is 1. The highest BCUT2D eigenvalue weighted by Gasteiger charge is 2.22. The Morgan fingerprint density at radius 3 is 2.71 bits per heavy atom. The number of aliphatic hydroxyl groups excluding tert-OH is 1. The molecule has 3 aromatic rings. The van der Waals surface area contributed by atoms with Gasteiger partial charge in [0.05, 0.1) is 23.5 Å². The van der Waals surface area contributed by atoms with Gasteiger partial charge in [0.25, 0.3) is 0 Å². The van der Waals surface area contributed by atoms with Crippen LogP contribution in [-0.2, 0) is 4.74 Å². The number of esters is 1. The van der Waals surface area contributed by atoms with E-state index in [1.165, 1.54) is 6.07 Å². The molecular weight excluding hydrogens is 360 g/mol. The Hall–Kier alpha value is -2.93. The van der Waals surface area contributed by atoms with Crippen LogP contribution in [0.1, 0.15) is 54.4 Å². The highest BCUT2D eigenvalue weighted by atomic mass is 16.5. The Balaban J connectivity index is 1.83. The van der Waals surface area contributed by atoms with E-state index >= 15 is 0 Å². The number of hydrogen-bond acceptors (Lipinski definition) is 7. The number of nitrogens with two attached hydrogens (primary N) is 1. The minimum absolute atomic E-state index is 0.0363. The third kappa shape index (κ3) is 3.22. The predicted molar refractivity (Wildman–Crippen MR) is 105 cm³/mol. The molecule has 0 radical (unpaired) electrons. The van der Waals surface area contributed by atoms with Gasteiger partial charge in [-0.2, -0.15) is 4.98 Å².